The van der Waals surface area contributed by atoms with Crippen molar-refractivity contribution in [3.8, 4) is 17.2 Å². The summed E-state index contributed by atoms with van der Waals surface area (Å²) in [5, 5.41) is 0. The number of hydrogen-bond acceptors (Lipinski definition) is 6. The summed E-state index contributed by atoms with van der Waals surface area (Å²) in [5.74, 6) is -1.18. The molecular formula is C24H22O6. The Hall–Kier alpha value is -3.67. The van der Waals surface area contributed by atoms with Crippen molar-refractivity contribution in [2.75, 3.05) is 0 Å². The van der Waals surface area contributed by atoms with E-state index in [0.29, 0.717) is 5.56 Å². The van der Waals surface area contributed by atoms with Crippen molar-refractivity contribution in [2.45, 2.75) is 33.3 Å². The van der Waals surface area contributed by atoms with Crippen LogP contribution in [0.3, 0.4) is 0 Å². The molecule has 0 amide bonds. The second kappa shape index (κ2) is 8.37. The van der Waals surface area contributed by atoms with Crippen LogP contribution in [0.25, 0.3) is 12.2 Å². The number of allylic oxidation sites excluding steroid dienone is 1. The average Bonchev–Trinajstić information content (AvgIpc) is 2.67. The number of carbonyl (C=O) groups is 3. The van der Waals surface area contributed by atoms with E-state index < -0.39 is 23.3 Å². The van der Waals surface area contributed by atoms with Crippen molar-refractivity contribution >= 4 is 29.9 Å². The smallest absolute Gasteiger partial charge is 0.308 e. The predicted molar refractivity (Wildman–Crippen MR) is 113 cm³/mol. The van der Waals surface area contributed by atoms with Gasteiger partial charge >= 0.3 is 11.9 Å². The first-order valence-electron chi connectivity index (χ1n) is 9.40. The Morgan fingerprint density at radius 2 is 1.67 bits per heavy atom. The molecule has 0 saturated heterocycles. The lowest BCUT2D eigenvalue weighted by molar-refractivity contribution is -0.133. The molecule has 30 heavy (non-hydrogen) atoms. The molecule has 0 aromatic heterocycles. The summed E-state index contributed by atoms with van der Waals surface area (Å²) in [6.45, 7) is 6.17. The highest BCUT2D eigenvalue weighted by atomic mass is 16.6. The summed E-state index contributed by atoms with van der Waals surface area (Å²) in [5.41, 5.74) is 0.608. The van der Waals surface area contributed by atoms with Gasteiger partial charge in [0.1, 0.15) is 5.60 Å². The van der Waals surface area contributed by atoms with Crippen molar-refractivity contribution in [1.29, 1.82) is 0 Å². The topological polar surface area (TPSA) is 78.9 Å². The molecular weight excluding hydrogens is 384 g/mol. The molecule has 2 aromatic rings. The van der Waals surface area contributed by atoms with Crippen LogP contribution >= 0.6 is 0 Å². The molecule has 6 heteroatoms. The first-order chi connectivity index (χ1) is 14.2. The molecule has 0 radical (unpaired) electrons. The van der Waals surface area contributed by atoms with E-state index >= 15 is 0 Å². The molecule has 3 rings (SSSR count). The Balaban J connectivity index is 2.15. The summed E-state index contributed by atoms with van der Waals surface area (Å²) in [6, 6.07) is 10.7. The largest absolute Gasteiger partial charge is 0.479 e. The van der Waals surface area contributed by atoms with Crippen LogP contribution in [0.4, 0.5) is 0 Å². The van der Waals surface area contributed by atoms with Crippen LogP contribution in [-0.2, 0) is 9.59 Å². The lowest BCUT2D eigenvalue weighted by Crippen LogP contribution is -2.28. The van der Waals surface area contributed by atoms with Gasteiger partial charge in [-0.1, -0.05) is 36.4 Å². The van der Waals surface area contributed by atoms with E-state index in [1.54, 1.807) is 18.2 Å². The molecule has 1 heterocycles. The van der Waals surface area contributed by atoms with Gasteiger partial charge in [0.15, 0.2) is 23.0 Å². The van der Waals surface area contributed by atoms with Gasteiger partial charge in [-0.05, 0) is 43.7 Å². The summed E-state index contributed by atoms with van der Waals surface area (Å²) in [4.78, 5) is 36.4. The van der Waals surface area contributed by atoms with Crippen LogP contribution in [0.1, 0.15) is 49.2 Å². The highest BCUT2D eigenvalue weighted by Gasteiger charge is 2.31. The summed E-state index contributed by atoms with van der Waals surface area (Å²) < 4.78 is 16.6. The zero-order valence-corrected chi connectivity index (χ0v) is 17.2. The number of benzene rings is 2. The highest BCUT2D eigenvalue weighted by Crippen LogP contribution is 2.46. The van der Waals surface area contributed by atoms with Crippen LogP contribution in [0.2, 0.25) is 0 Å². The van der Waals surface area contributed by atoms with Crippen molar-refractivity contribution in [2.24, 2.45) is 0 Å². The van der Waals surface area contributed by atoms with E-state index in [2.05, 4.69) is 0 Å². The monoisotopic (exact) mass is 406 g/mol. The third-order valence-electron chi connectivity index (χ3n) is 4.24. The molecule has 1 aliphatic heterocycles. The van der Waals surface area contributed by atoms with Crippen molar-refractivity contribution in [3.05, 3.63) is 65.2 Å². The minimum absolute atomic E-state index is 0.0582. The zero-order valence-electron chi connectivity index (χ0n) is 17.2. The standard InChI is InChI=1S/C24H22O6/c1-15(25)28-21-14-19(20(27)11-10-17-8-6-5-7-9-17)22(29-16(2)26)18-12-13-24(3,4)30-23(18)21/h5-14H,1-4H3. The van der Waals surface area contributed by atoms with Gasteiger partial charge in [-0.2, -0.15) is 0 Å². The first-order valence-corrected chi connectivity index (χ1v) is 9.40. The number of carbonyl (C=O) groups excluding carboxylic acids is 3. The number of fused-ring (bicyclic) bond motifs is 1. The molecule has 0 atom stereocenters. The fourth-order valence-corrected chi connectivity index (χ4v) is 2.97. The first kappa shape index (κ1) is 21.0. The lowest BCUT2D eigenvalue weighted by atomic mass is 9.97. The molecule has 6 nitrogen and oxygen atoms in total. The fourth-order valence-electron chi connectivity index (χ4n) is 2.97. The average molecular weight is 406 g/mol. The lowest BCUT2D eigenvalue weighted by Gasteiger charge is -2.30. The summed E-state index contributed by atoms with van der Waals surface area (Å²) in [7, 11) is 0. The molecule has 0 saturated carbocycles. The third-order valence-corrected chi connectivity index (χ3v) is 4.24. The molecule has 0 bridgehead atoms. The van der Waals surface area contributed by atoms with Gasteiger partial charge in [-0.25, -0.2) is 0 Å². The molecule has 154 valence electrons. The van der Waals surface area contributed by atoms with E-state index in [-0.39, 0.29) is 22.8 Å². The van der Waals surface area contributed by atoms with Crippen LogP contribution in [0.5, 0.6) is 17.2 Å². The van der Waals surface area contributed by atoms with E-state index in [1.807, 2.05) is 44.2 Å². The maximum Gasteiger partial charge on any atom is 0.308 e. The van der Waals surface area contributed by atoms with E-state index in [0.717, 1.165) is 5.56 Å². The van der Waals surface area contributed by atoms with Crippen LogP contribution in [0.15, 0.2) is 48.6 Å². The summed E-state index contributed by atoms with van der Waals surface area (Å²) >= 11 is 0. The number of ether oxygens (including phenoxy) is 3. The predicted octanol–water partition coefficient (Wildman–Crippen LogP) is 4.62. The molecule has 0 fully saturated rings. The second-order valence-corrected chi connectivity index (χ2v) is 7.33. The number of esters is 2. The molecule has 0 N–H and O–H groups in total. The Morgan fingerprint density at radius 3 is 2.30 bits per heavy atom. The van der Waals surface area contributed by atoms with E-state index in [9.17, 15) is 14.4 Å². The van der Waals surface area contributed by atoms with Crippen LogP contribution < -0.4 is 14.2 Å². The van der Waals surface area contributed by atoms with E-state index in [1.165, 1.54) is 26.0 Å². The normalized spacial score (nSPS) is 14.0. The SMILES string of the molecule is CC(=O)Oc1cc(C(=O)C=Cc2ccccc2)c(OC(C)=O)c2c1OC(C)(C)C=C2. The number of ketones is 1. The van der Waals surface area contributed by atoms with Gasteiger partial charge in [0.05, 0.1) is 11.1 Å². The van der Waals surface area contributed by atoms with Gasteiger partial charge in [0, 0.05) is 13.8 Å². The van der Waals surface area contributed by atoms with Gasteiger partial charge < -0.3 is 14.2 Å². The molecule has 0 aliphatic carbocycles. The maximum atomic E-state index is 13.0. The Morgan fingerprint density at radius 1 is 1.00 bits per heavy atom. The Kier molecular flexibility index (Phi) is 5.87. The maximum absolute atomic E-state index is 13.0. The van der Waals surface area contributed by atoms with Gasteiger partial charge in [0.25, 0.3) is 0 Å². The second-order valence-electron chi connectivity index (χ2n) is 7.33. The zero-order chi connectivity index (χ0) is 21.9. The minimum Gasteiger partial charge on any atom is -0.479 e. The van der Waals surface area contributed by atoms with Crippen LogP contribution in [0, 0.1) is 0 Å². The third kappa shape index (κ3) is 4.84. The molecule has 1 aliphatic rings. The summed E-state index contributed by atoms with van der Waals surface area (Å²) in [6.07, 6.45) is 6.49. The van der Waals surface area contributed by atoms with Gasteiger partial charge in [-0.3, -0.25) is 14.4 Å². The molecule has 0 unspecified atom stereocenters. The van der Waals surface area contributed by atoms with Crippen molar-refractivity contribution < 1.29 is 28.6 Å². The molecule has 2 aromatic carbocycles. The highest BCUT2D eigenvalue weighted by molar-refractivity contribution is 6.10. The van der Waals surface area contributed by atoms with Gasteiger partial charge in [-0.15, -0.1) is 0 Å². The Bertz CT molecular complexity index is 1060. The minimum atomic E-state index is -0.672. The fraction of sp³-hybridized carbons (Fsp3) is 0.208. The number of hydrogen-bond donors (Lipinski definition) is 0. The Labute approximate surface area is 174 Å². The molecule has 0 spiro atoms. The van der Waals surface area contributed by atoms with Gasteiger partial charge in [0.2, 0.25) is 0 Å². The quantitative estimate of drug-likeness (QED) is 0.312. The van der Waals surface area contributed by atoms with Crippen molar-refractivity contribution in [3.63, 3.8) is 0 Å². The van der Waals surface area contributed by atoms with Crippen molar-refractivity contribution in [1.82, 2.24) is 0 Å². The number of rotatable bonds is 5. The van der Waals surface area contributed by atoms with E-state index in [4.69, 9.17) is 14.2 Å². The van der Waals surface area contributed by atoms with Crippen LogP contribution in [-0.4, -0.2) is 23.3 Å².